The maximum atomic E-state index is 13.3. The summed E-state index contributed by atoms with van der Waals surface area (Å²) in [5.41, 5.74) is 2.98. The van der Waals surface area contributed by atoms with E-state index in [1.807, 2.05) is 30.3 Å². The van der Waals surface area contributed by atoms with Crippen molar-refractivity contribution >= 4 is 34.4 Å². The zero-order valence-corrected chi connectivity index (χ0v) is 15.1. The molecule has 0 bridgehead atoms. The lowest BCUT2D eigenvalue weighted by Gasteiger charge is -2.09. The van der Waals surface area contributed by atoms with Crippen LogP contribution in [0.25, 0.3) is 16.8 Å². The number of halogens is 2. The zero-order valence-electron chi connectivity index (χ0n) is 14.3. The molecule has 0 spiro atoms. The number of ether oxygens (including phenoxy) is 1. The van der Waals surface area contributed by atoms with Crippen LogP contribution in [0.4, 0.5) is 4.39 Å². The molecule has 0 N–H and O–H groups in total. The molecule has 132 valence electrons. The number of esters is 1. The van der Waals surface area contributed by atoms with Gasteiger partial charge in [0.15, 0.2) is 0 Å². The average molecular weight is 369 g/mol. The Morgan fingerprint density at radius 3 is 2.65 bits per heavy atom. The molecule has 0 saturated carbocycles. The van der Waals surface area contributed by atoms with Crippen molar-refractivity contribution in [3.63, 3.8) is 0 Å². The number of benzene rings is 3. The largest absolute Gasteiger partial charge is 0.463 e. The van der Waals surface area contributed by atoms with E-state index in [1.165, 1.54) is 18.2 Å². The minimum atomic E-state index is -0.374. The SMILES string of the molecule is CCOC(=O)/C=C/c1ccc(Cl)cc1Cc1ccc2cc(F)ccc2c1. The Balaban J connectivity index is 1.90. The van der Waals surface area contributed by atoms with Crippen LogP contribution in [0, 0.1) is 5.82 Å². The molecule has 3 aromatic rings. The summed E-state index contributed by atoms with van der Waals surface area (Å²) in [6, 6.07) is 16.2. The second kappa shape index (κ2) is 8.15. The van der Waals surface area contributed by atoms with Gasteiger partial charge in [-0.15, -0.1) is 0 Å². The summed E-state index contributed by atoms with van der Waals surface area (Å²) in [4.78, 5) is 11.6. The van der Waals surface area contributed by atoms with Gasteiger partial charge in [0.2, 0.25) is 0 Å². The van der Waals surface area contributed by atoms with Crippen molar-refractivity contribution in [2.75, 3.05) is 6.61 Å². The number of fused-ring (bicyclic) bond motifs is 1. The van der Waals surface area contributed by atoms with Crippen LogP contribution in [0.1, 0.15) is 23.6 Å². The highest BCUT2D eigenvalue weighted by atomic mass is 35.5. The number of hydrogen-bond donors (Lipinski definition) is 0. The van der Waals surface area contributed by atoms with E-state index in [9.17, 15) is 9.18 Å². The smallest absolute Gasteiger partial charge is 0.330 e. The predicted molar refractivity (Wildman–Crippen MR) is 104 cm³/mol. The van der Waals surface area contributed by atoms with Gasteiger partial charge in [-0.1, -0.05) is 41.9 Å². The van der Waals surface area contributed by atoms with E-state index in [1.54, 1.807) is 25.1 Å². The molecule has 0 atom stereocenters. The average Bonchev–Trinajstić information content (AvgIpc) is 2.61. The van der Waals surface area contributed by atoms with E-state index in [2.05, 4.69) is 0 Å². The fourth-order valence-corrected chi connectivity index (χ4v) is 3.03. The standard InChI is InChI=1S/C22H18ClFO2/c1-2-26-22(25)10-7-16-5-8-20(23)13-19(16)12-15-3-4-18-14-21(24)9-6-17(18)11-15/h3-11,13-14H,2,12H2,1H3/b10-7+. The Bertz CT molecular complexity index is 979. The predicted octanol–water partition coefficient (Wildman–Crippen LogP) is 5.80. The normalized spacial score (nSPS) is 11.2. The summed E-state index contributed by atoms with van der Waals surface area (Å²) in [7, 11) is 0. The van der Waals surface area contributed by atoms with Crippen LogP contribution in [0.15, 0.2) is 60.7 Å². The molecule has 2 nitrogen and oxygen atoms in total. The lowest BCUT2D eigenvalue weighted by molar-refractivity contribution is -0.137. The first-order chi connectivity index (χ1) is 12.5. The summed E-state index contributed by atoms with van der Waals surface area (Å²) < 4.78 is 18.2. The summed E-state index contributed by atoms with van der Waals surface area (Å²) in [6.07, 6.45) is 3.80. The Morgan fingerprint density at radius 1 is 1.08 bits per heavy atom. The van der Waals surface area contributed by atoms with Crippen molar-refractivity contribution in [3.8, 4) is 0 Å². The van der Waals surface area contributed by atoms with Crippen LogP contribution in [-0.4, -0.2) is 12.6 Å². The van der Waals surface area contributed by atoms with Crippen molar-refractivity contribution in [1.82, 2.24) is 0 Å². The summed E-state index contributed by atoms with van der Waals surface area (Å²) in [5.74, 6) is -0.618. The third-order valence-corrected chi connectivity index (χ3v) is 4.29. The van der Waals surface area contributed by atoms with Crippen LogP contribution >= 0.6 is 11.6 Å². The lowest BCUT2D eigenvalue weighted by Crippen LogP contribution is -1.99. The van der Waals surface area contributed by atoms with Crippen LogP contribution < -0.4 is 0 Å². The highest BCUT2D eigenvalue weighted by Crippen LogP contribution is 2.23. The molecule has 4 heteroatoms. The molecule has 0 unspecified atom stereocenters. The Morgan fingerprint density at radius 2 is 1.85 bits per heavy atom. The van der Waals surface area contributed by atoms with Gasteiger partial charge in [-0.25, -0.2) is 9.18 Å². The molecule has 0 amide bonds. The second-order valence-electron chi connectivity index (χ2n) is 5.93. The quantitative estimate of drug-likeness (QED) is 0.420. The van der Waals surface area contributed by atoms with E-state index in [4.69, 9.17) is 16.3 Å². The van der Waals surface area contributed by atoms with Crippen molar-refractivity contribution in [1.29, 1.82) is 0 Å². The lowest BCUT2D eigenvalue weighted by atomic mass is 9.97. The number of carbonyl (C=O) groups excluding carboxylic acids is 1. The molecule has 26 heavy (non-hydrogen) atoms. The van der Waals surface area contributed by atoms with Crippen molar-refractivity contribution in [2.45, 2.75) is 13.3 Å². The van der Waals surface area contributed by atoms with Crippen molar-refractivity contribution in [2.24, 2.45) is 0 Å². The third kappa shape index (κ3) is 4.50. The van der Waals surface area contributed by atoms with Gasteiger partial charge >= 0.3 is 5.97 Å². The van der Waals surface area contributed by atoms with Gasteiger partial charge in [0.05, 0.1) is 6.61 Å². The van der Waals surface area contributed by atoms with Crippen molar-refractivity contribution in [3.05, 3.63) is 88.2 Å². The van der Waals surface area contributed by atoms with Crippen LogP contribution in [0.5, 0.6) is 0 Å². The molecule has 0 fully saturated rings. The first kappa shape index (κ1) is 18.2. The minimum absolute atomic E-state index is 0.244. The number of hydrogen-bond acceptors (Lipinski definition) is 2. The Kier molecular flexibility index (Phi) is 5.69. The molecule has 0 aliphatic carbocycles. The number of carbonyl (C=O) groups is 1. The van der Waals surface area contributed by atoms with Crippen LogP contribution in [0.3, 0.4) is 0 Å². The highest BCUT2D eigenvalue weighted by Gasteiger charge is 2.06. The molecule has 0 aliphatic heterocycles. The molecule has 0 aromatic heterocycles. The molecular weight excluding hydrogens is 351 g/mol. The van der Waals surface area contributed by atoms with E-state index in [0.29, 0.717) is 18.1 Å². The second-order valence-corrected chi connectivity index (χ2v) is 6.37. The van der Waals surface area contributed by atoms with Gasteiger partial charge in [0.25, 0.3) is 0 Å². The molecule has 0 radical (unpaired) electrons. The van der Waals surface area contributed by atoms with E-state index < -0.39 is 0 Å². The van der Waals surface area contributed by atoms with Gasteiger partial charge in [0.1, 0.15) is 5.82 Å². The van der Waals surface area contributed by atoms with Crippen LogP contribution in [0.2, 0.25) is 5.02 Å². The summed E-state index contributed by atoms with van der Waals surface area (Å²) >= 11 is 6.15. The maximum Gasteiger partial charge on any atom is 0.330 e. The Labute approximate surface area is 156 Å². The van der Waals surface area contributed by atoms with Gasteiger partial charge in [0, 0.05) is 11.1 Å². The maximum absolute atomic E-state index is 13.3. The van der Waals surface area contributed by atoms with E-state index in [-0.39, 0.29) is 11.8 Å². The monoisotopic (exact) mass is 368 g/mol. The fraction of sp³-hybridized carbons (Fsp3) is 0.136. The van der Waals surface area contributed by atoms with Gasteiger partial charge in [-0.3, -0.25) is 0 Å². The third-order valence-electron chi connectivity index (χ3n) is 4.05. The van der Waals surface area contributed by atoms with Crippen LogP contribution in [-0.2, 0) is 16.0 Å². The fourth-order valence-electron chi connectivity index (χ4n) is 2.83. The molecular formula is C22H18ClFO2. The molecule has 3 aromatic carbocycles. The molecule has 3 rings (SSSR count). The first-order valence-corrected chi connectivity index (χ1v) is 8.74. The summed E-state index contributed by atoms with van der Waals surface area (Å²) in [6.45, 7) is 2.11. The topological polar surface area (TPSA) is 26.3 Å². The van der Waals surface area contributed by atoms with Crippen molar-refractivity contribution < 1.29 is 13.9 Å². The molecule has 0 heterocycles. The van der Waals surface area contributed by atoms with E-state index >= 15 is 0 Å². The highest BCUT2D eigenvalue weighted by molar-refractivity contribution is 6.30. The molecule has 0 aliphatic rings. The van der Waals surface area contributed by atoms with Gasteiger partial charge in [-0.2, -0.15) is 0 Å². The number of rotatable bonds is 5. The van der Waals surface area contributed by atoms with Gasteiger partial charge < -0.3 is 4.74 Å². The minimum Gasteiger partial charge on any atom is -0.463 e. The molecule has 0 saturated heterocycles. The summed E-state index contributed by atoms with van der Waals surface area (Å²) in [5, 5.41) is 2.48. The van der Waals surface area contributed by atoms with Gasteiger partial charge in [-0.05, 0) is 71.1 Å². The van der Waals surface area contributed by atoms with E-state index in [0.717, 1.165) is 27.5 Å². The zero-order chi connectivity index (χ0) is 18.5. The Hall–Kier alpha value is -2.65. The first-order valence-electron chi connectivity index (χ1n) is 8.36.